The molecule has 5 heteroatoms. The van der Waals surface area contributed by atoms with Gasteiger partial charge in [0.15, 0.2) is 0 Å². The van der Waals surface area contributed by atoms with Gasteiger partial charge in [-0.05, 0) is 76.5 Å². The highest BCUT2D eigenvalue weighted by Crippen LogP contribution is 2.53. The first-order chi connectivity index (χ1) is 10.9. The Balaban J connectivity index is 1.48. The van der Waals surface area contributed by atoms with Crippen LogP contribution in [0.2, 0.25) is 5.02 Å². The Morgan fingerprint density at radius 2 is 1.74 bits per heavy atom. The van der Waals surface area contributed by atoms with Crippen LogP contribution >= 0.6 is 11.6 Å². The molecule has 0 aliphatic heterocycles. The Bertz CT molecular complexity index is 610. The van der Waals surface area contributed by atoms with Crippen molar-refractivity contribution in [1.29, 1.82) is 0 Å². The van der Waals surface area contributed by atoms with E-state index in [1.807, 2.05) is 20.8 Å². The molecular formula is C18H26ClN3O. The van der Waals surface area contributed by atoms with E-state index in [0.717, 1.165) is 23.2 Å². The number of halogens is 1. The first kappa shape index (κ1) is 15.5. The Morgan fingerprint density at radius 1 is 1.17 bits per heavy atom. The molecule has 1 amide bonds. The summed E-state index contributed by atoms with van der Waals surface area (Å²) in [6.07, 6.45) is 6.71. The van der Waals surface area contributed by atoms with Gasteiger partial charge >= 0.3 is 0 Å². The normalized spacial score (nSPS) is 36.3. The Hall–Kier alpha value is -1.03. The minimum absolute atomic E-state index is 0.0877. The number of carbonyl (C=O) groups is 1. The lowest BCUT2D eigenvalue weighted by atomic mass is 9.54. The highest BCUT2D eigenvalue weighted by molar-refractivity contribution is 6.31. The maximum absolute atomic E-state index is 12.8. The van der Waals surface area contributed by atoms with Crippen LogP contribution in [0.15, 0.2) is 0 Å². The van der Waals surface area contributed by atoms with Crippen molar-refractivity contribution < 1.29 is 4.79 Å². The summed E-state index contributed by atoms with van der Waals surface area (Å²) in [5.74, 6) is 3.35. The van der Waals surface area contributed by atoms with Crippen molar-refractivity contribution in [2.45, 2.75) is 65.0 Å². The van der Waals surface area contributed by atoms with Gasteiger partial charge < -0.3 is 5.32 Å². The van der Waals surface area contributed by atoms with E-state index in [0.29, 0.717) is 22.9 Å². The van der Waals surface area contributed by atoms with Crippen LogP contribution in [0.1, 0.15) is 56.5 Å². The molecule has 0 saturated heterocycles. The SMILES string of the molecule is Cc1nn(C(C)C(=O)NC2C3CC4CC(C3)CC2C4)c(C)c1Cl. The highest BCUT2D eigenvalue weighted by Gasteiger charge is 2.48. The van der Waals surface area contributed by atoms with Crippen LogP contribution in [-0.2, 0) is 4.79 Å². The van der Waals surface area contributed by atoms with Crippen molar-refractivity contribution in [2.24, 2.45) is 23.7 Å². The maximum atomic E-state index is 12.8. The molecule has 0 spiro atoms. The number of carbonyl (C=O) groups excluding carboxylic acids is 1. The Labute approximate surface area is 143 Å². The summed E-state index contributed by atoms with van der Waals surface area (Å²) < 4.78 is 1.77. The maximum Gasteiger partial charge on any atom is 0.244 e. The summed E-state index contributed by atoms with van der Waals surface area (Å²) in [6, 6.07) is 0.0728. The Kier molecular flexibility index (Phi) is 3.71. The monoisotopic (exact) mass is 335 g/mol. The quantitative estimate of drug-likeness (QED) is 0.916. The molecule has 0 radical (unpaired) electrons. The molecule has 1 unspecified atom stereocenters. The zero-order valence-electron chi connectivity index (χ0n) is 14.2. The fourth-order valence-corrected chi connectivity index (χ4v) is 5.70. The van der Waals surface area contributed by atoms with E-state index in [1.54, 1.807) is 4.68 Å². The van der Waals surface area contributed by atoms with E-state index in [2.05, 4.69) is 10.4 Å². The minimum atomic E-state index is -0.307. The molecule has 4 fully saturated rings. The number of nitrogens with one attached hydrogen (secondary N) is 1. The summed E-state index contributed by atoms with van der Waals surface area (Å²) in [5.41, 5.74) is 1.66. The third-order valence-electron chi connectivity index (χ3n) is 6.52. The molecule has 4 aliphatic rings. The van der Waals surface area contributed by atoms with Gasteiger partial charge in [0.1, 0.15) is 6.04 Å². The van der Waals surface area contributed by atoms with Crippen LogP contribution in [0, 0.1) is 37.5 Å². The summed E-state index contributed by atoms with van der Waals surface area (Å²) in [6.45, 7) is 5.73. The van der Waals surface area contributed by atoms with Crippen molar-refractivity contribution in [3.63, 3.8) is 0 Å². The van der Waals surface area contributed by atoms with Crippen molar-refractivity contribution in [1.82, 2.24) is 15.1 Å². The van der Waals surface area contributed by atoms with Crippen molar-refractivity contribution >= 4 is 17.5 Å². The fraction of sp³-hybridized carbons (Fsp3) is 0.778. The summed E-state index contributed by atoms with van der Waals surface area (Å²) in [5, 5.41) is 8.48. The zero-order valence-corrected chi connectivity index (χ0v) is 14.9. The van der Waals surface area contributed by atoms with Gasteiger partial charge in [0.05, 0.1) is 16.4 Å². The molecule has 126 valence electrons. The molecule has 4 aliphatic carbocycles. The second-order valence-corrected chi connectivity index (χ2v) is 8.45. The van der Waals surface area contributed by atoms with Gasteiger partial charge in [-0.1, -0.05) is 11.6 Å². The number of nitrogens with zero attached hydrogens (tertiary/aromatic N) is 2. The van der Waals surface area contributed by atoms with Gasteiger partial charge in [-0.2, -0.15) is 5.10 Å². The van der Waals surface area contributed by atoms with E-state index in [9.17, 15) is 4.79 Å². The molecule has 1 N–H and O–H groups in total. The number of aryl methyl sites for hydroxylation is 1. The average molecular weight is 336 g/mol. The van der Waals surface area contributed by atoms with E-state index in [-0.39, 0.29) is 11.9 Å². The predicted octanol–water partition coefficient (Wildman–Crippen LogP) is 3.66. The molecule has 1 aromatic rings. The fourth-order valence-electron chi connectivity index (χ4n) is 5.58. The smallest absolute Gasteiger partial charge is 0.244 e. The van der Waals surface area contributed by atoms with Crippen LogP contribution in [-0.4, -0.2) is 21.7 Å². The predicted molar refractivity (Wildman–Crippen MR) is 90.4 cm³/mol. The molecule has 23 heavy (non-hydrogen) atoms. The third kappa shape index (κ3) is 2.50. The van der Waals surface area contributed by atoms with E-state index < -0.39 is 0 Å². The van der Waals surface area contributed by atoms with Crippen molar-refractivity contribution in [3.8, 4) is 0 Å². The highest BCUT2D eigenvalue weighted by atomic mass is 35.5. The van der Waals surface area contributed by atoms with Crippen LogP contribution in [0.3, 0.4) is 0 Å². The van der Waals surface area contributed by atoms with Gasteiger partial charge in [0.25, 0.3) is 0 Å². The number of hydrogen-bond acceptors (Lipinski definition) is 2. The number of amides is 1. The van der Waals surface area contributed by atoms with Crippen LogP contribution in [0.4, 0.5) is 0 Å². The molecule has 4 nitrogen and oxygen atoms in total. The molecular weight excluding hydrogens is 310 g/mol. The molecule has 4 saturated carbocycles. The largest absolute Gasteiger partial charge is 0.351 e. The van der Waals surface area contributed by atoms with Crippen molar-refractivity contribution in [3.05, 3.63) is 16.4 Å². The first-order valence-electron chi connectivity index (χ1n) is 8.95. The van der Waals surface area contributed by atoms with Crippen LogP contribution in [0.25, 0.3) is 0 Å². The van der Waals surface area contributed by atoms with Gasteiger partial charge in [-0.15, -0.1) is 0 Å². The molecule has 4 bridgehead atoms. The lowest BCUT2D eigenvalue weighted by Gasteiger charge is -2.54. The number of hydrogen-bond donors (Lipinski definition) is 1. The van der Waals surface area contributed by atoms with Crippen LogP contribution < -0.4 is 5.32 Å². The number of rotatable bonds is 3. The molecule has 1 aromatic heterocycles. The lowest BCUT2D eigenvalue weighted by molar-refractivity contribution is -0.128. The second kappa shape index (κ2) is 5.51. The second-order valence-electron chi connectivity index (χ2n) is 8.07. The Morgan fingerprint density at radius 3 is 2.22 bits per heavy atom. The third-order valence-corrected chi connectivity index (χ3v) is 7.07. The van der Waals surface area contributed by atoms with Crippen LogP contribution in [0.5, 0.6) is 0 Å². The van der Waals surface area contributed by atoms with Gasteiger partial charge in [-0.25, -0.2) is 0 Å². The van der Waals surface area contributed by atoms with Gasteiger partial charge in [0, 0.05) is 6.04 Å². The first-order valence-corrected chi connectivity index (χ1v) is 9.33. The molecule has 5 rings (SSSR count). The van der Waals surface area contributed by atoms with Gasteiger partial charge in [0.2, 0.25) is 5.91 Å². The van der Waals surface area contributed by atoms with Crippen molar-refractivity contribution in [2.75, 3.05) is 0 Å². The summed E-state index contributed by atoms with van der Waals surface area (Å²) >= 11 is 6.22. The topological polar surface area (TPSA) is 46.9 Å². The minimum Gasteiger partial charge on any atom is -0.351 e. The molecule has 0 aromatic carbocycles. The average Bonchev–Trinajstić information content (AvgIpc) is 2.77. The summed E-state index contributed by atoms with van der Waals surface area (Å²) in [7, 11) is 0. The molecule has 1 atom stereocenters. The van der Waals surface area contributed by atoms with Gasteiger partial charge in [-0.3, -0.25) is 9.48 Å². The van der Waals surface area contributed by atoms with E-state index in [4.69, 9.17) is 11.6 Å². The zero-order chi connectivity index (χ0) is 16.3. The standard InChI is InChI=1S/C18H26ClN3O/c1-9-16(19)10(2)22(21-9)11(3)18(23)20-17-14-5-12-4-13(7-14)8-15(17)6-12/h11-15,17H,4-8H2,1-3H3,(H,20,23). The lowest BCUT2D eigenvalue weighted by Crippen LogP contribution is -2.56. The summed E-state index contributed by atoms with van der Waals surface area (Å²) in [4.78, 5) is 12.8. The van der Waals surface area contributed by atoms with E-state index in [1.165, 1.54) is 32.1 Å². The van der Waals surface area contributed by atoms with E-state index >= 15 is 0 Å². The number of aromatic nitrogens is 2. The molecule has 1 heterocycles.